The molecule has 2 aromatic heterocycles. The number of guanidine groups is 1. The van der Waals surface area contributed by atoms with Gasteiger partial charge >= 0.3 is 12.2 Å². The van der Waals surface area contributed by atoms with Gasteiger partial charge in [0, 0.05) is 23.8 Å². The molecule has 2 amide bonds. The van der Waals surface area contributed by atoms with Gasteiger partial charge in [-0.3, -0.25) is 0 Å². The molecule has 13 heteroatoms. The Morgan fingerprint density at radius 2 is 1.63 bits per heavy atom. The number of hydrogen-bond donors (Lipinski definition) is 2. The molecule has 218 valence electrons. The van der Waals surface area contributed by atoms with Gasteiger partial charge in [-0.05, 0) is 72.7 Å². The van der Waals surface area contributed by atoms with Gasteiger partial charge in [0.05, 0.1) is 20.9 Å². The summed E-state index contributed by atoms with van der Waals surface area (Å²) in [5.74, 6) is 0.0280. The molecule has 3 rings (SSSR count). The predicted octanol–water partition coefficient (Wildman–Crippen LogP) is 7.04. The second-order valence-electron chi connectivity index (χ2n) is 10.9. The normalized spacial score (nSPS) is 12.7. The van der Waals surface area contributed by atoms with Crippen LogP contribution in [0.2, 0.25) is 10.0 Å². The van der Waals surface area contributed by atoms with Gasteiger partial charge in [-0.15, -0.1) is 4.90 Å². The fraction of sp³-hybridized carbons (Fsp3) is 0.321. The van der Waals surface area contributed by atoms with E-state index in [2.05, 4.69) is 27.0 Å². The van der Waals surface area contributed by atoms with Crippen LogP contribution in [0, 0.1) is 0 Å². The molecule has 0 spiro atoms. The molecule has 1 aromatic carbocycles. The van der Waals surface area contributed by atoms with Gasteiger partial charge in [0.2, 0.25) is 5.96 Å². The first-order valence-electron chi connectivity index (χ1n) is 12.5. The number of nitrogens with zero attached hydrogens (tertiary/aromatic N) is 5. The molecular weight excluding hydrogens is 569 g/mol. The summed E-state index contributed by atoms with van der Waals surface area (Å²) in [7, 11) is 0. The van der Waals surface area contributed by atoms with E-state index < -0.39 is 29.3 Å². The zero-order chi connectivity index (χ0) is 30.7. The largest absolute Gasteiger partial charge is 0.443 e. The van der Waals surface area contributed by atoms with Crippen LogP contribution in [-0.4, -0.2) is 49.0 Å². The first kappa shape index (κ1) is 31.4. The number of nitrogens with one attached hydrogen (secondary N) is 1. The van der Waals surface area contributed by atoms with Gasteiger partial charge in [-0.1, -0.05) is 35.8 Å². The fourth-order valence-electron chi connectivity index (χ4n) is 3.45. The topological polar surface area (TPSA) is 137 Å². The fourth-order valence-corrected chi connectivity index (χ4v) is 4.02. The number of amides is 2. The molecule has 0 aliphatic carbocycles. The summed E-state index contributed by atoms with van der Waals surface area (Å²) in [6.07, 6.45) is 2.85. The number of ether oxygens (including phenoxy) is 2. The van der Waals surface area contributed by atoms with Gasteiger partial charge in [0.25, 0.3) is 0 Å². The number of hydrogen-bond acceptors (Lipinski definition) is 8. The average molecular weight is 603 g/mol. The molecule has 0 saturated carbocycles. The zero-order valence-electron chi connectivity index (χ0n) is 24.0. The number of nitrogens with two attached hydrogens (primary N) is 1. The monoisotopic (exact) mass is 601 g/mol. The van der Waals surface area contributed by atoms with Crippen molar-refractivity contribution in [1.82, 2.24) is 19.7 Å². The Morgan fingerprint density at radius 3 is 2.17 bits per heavy atom. The van der Waals surface area contributed by atoms with Crippen molar-refractivity contribution in [2.45, 2.75) is 59.7 Å². The number of benzene rings is 1. The van der Waals surface area contributed by atoms with Gasteiger partial charge < -0.3 is 20.5 Å². The molecular formula is C28H33Cl2N7O4. The molecule has 3 aromatic rings. The summed E-state index contributed by atoms with van der Waals surface area (Å²) >= 11 is 12.7. The summed E-state index contributed by atoms with van der Waals surface area (Å²) in [6, 6.07) is 6.94. The Morgan fingerprint density at radius 1 is 1.07 bits per heavy atom. The lowest BCUT2D eigenvalue weighted by molar-refractivity contribution is 0.0145. The number of halogens is 2. The van der Waals surface area contributed by atoms with Crippen molar-refractivity contribution in [1.29, 1.82) is 0 Å². The molecule has 2 heterocycles. The number of pyridine rings is 1. The van der Waals surface area contributed by atoms with Gasteiger partial charge in [0.15, 0.2) is 0 Å². The summed E-state index contributed by atoms with van der Waals surface area (Å²) in [5, 5.41) is 9.24. The quantitative estimate of drug-likeness (QED) is 0.180. The highest BCUT2D eigenvalue weighted by Crippen LogP contribution is 2.30. The number of fused-ring (bicyclic) bond motifs is 1. The third kappa shape index (κ3) is 8.45. The summed E-state index contributed by atoms with van der Waals surface area (Å²) < 4.78 is 12.2. The van der Waals surface area contributed by atoms with E-state index in [1.807, 2.05) is 0 Å². The standard InChI is InChI=1S/C28H33Cl2N7O4/c1-16(14-17(2)34-24(31)37(25(38)40-27(3,4)5)26(39)41-28(6,7)8)33-23-18-15-36(35-21(18)12-13-32-23)22-19(29)10-9-11-20(22)30/h9-15H,1H2,2-8H3,(H2,31,34)(H,32,33)/b17-14-. The SMILES string of the molecule is C=C(/C=C(/C)N=C(N)N(C(=O)OC(C)(C)C)C(=O)OC(C)(C)C)Nc1nccc2nn(-c3c(Cl)cccc3Cl)cc12. The molecule has 0 unspecified atom stereocenters. The molecule has 0 aliphatic heterocycles. The van der Waals surface area contributed by atoms with E-state index in [0.717, 1.165) is 0 Å². The van der Waals surface area contributed by atoms with E-state index in [1.54, 1.807) is 95.9 Å². The number of anilines is 1. The van der Waals surface area contributed by atoms with Crippen molar-refractivity contribution in [3.8, 4) is 5.69 Å². The van der Waals surface area contributed by atoms with Crippen LogP contribution >= 0.6 is 23.2 Å². The van der Waals surface area contributed by atoms with Crippen LogP contribution in [0.3, 0.4) is 0 Å². The molecule has 3 N–H and O–H groups in total. The maximum atomic E-state index is 12.8. The van der Waals surface area contributed by atoms with Crippen molar-refractivity contribution < 1.29 is 19.1 Å². The highest BCUT2D eigenvalue weighted by atomic mass is 35.5. The number of rotatable bonds is 5. The Bertz CT molecular complexity index is 1500. The predicted molar refractivity (Wildman–Crippen MR) is 161 cm³/mol. The van der Waals surface area contributed by atoms with Crippen LogP contribution in [0.15, 0.2) is 65.7 Å². The Kier molecular flexibility index (Phi) is 9.35. The minimum atomic E-state index is -1.02. The molecule has 0 saturated heterocycles. The minimum absolute atomic E-state index is 0.322. The van der Waals surface area contributed by atoms with Crippen LogP contribution in [-0.2, 0) is 9.47 Å². The lowest BCUT2D eigenvalue weighted by Crippen LogP contribution is -2.50. The molecule has 0 fully saturated rings. The number of para-hydroxylation sites is 1. The summed E-state index contributed by atoms with van der Waals surface area (Å²) in [6.45, 7) is 15.6. The highest BCUT2D eigenvalue weighted by Gasteiger charge is 2.34. The smallest absolute Gasteiger partial charge is 0.427 e. The van der Waals surface area contributed by atoms with Crippen LogP contribution in [0.5, 0.6) is 0 Å². The van der Waals surface area contributed by atoms with E-state index in [0.29, 0.717) is 48.7 Å². The summed E-state index contributed by atoms with van der Waals surface area (Å²) in [4.78, 5) is 34.7. The highest BCUT2D eigenvalue weighted by molar-refractivity contribution is 6.37. The number of aliphatic imine (C=N–C) groups is 1. The van der Waals surface area contributed by atoms with Crippen LogP contribution in [0.1, 0.15) is 48.5 Å². The molecule has 11 nitrogen and oxygen atoms in total. The number of imide groups is 1. The van der Waals surface area contributed by atoms with E-state index in [1.165, 1.54) is 0 Å². The molecule has 0 aliphatic rings. The molecule has 41 heavy (non-hydrogen) atoms. The maximum absolute atomic E-state index is 12.8. The van der Waals surface area contributed by atoms with Crippen LogP contribution < -0.4 is 11.1 Å². The number of allylic oxidation sites excluding steroid dienone is 2. The number of aromatic nitrogens is 3. The van der Waals surface area contributed by atoms with E-state index in [4.69, 9.17) is 38.4 Å². The van der Waals surface area contributed by atoms with Crippen LogP contribution in [0.25, 0.3) is 16.6 Å². The Balaban J connectivity index is 1.87. The third-order valence-corrected chi connectivity index (χ3v) is 5.54. The molecule has 0 radical (unpaired) electrons. The van der Waals surface area contributed by atoms with Crippen molar-refractivity contribution >= 4 is 58.1 Å². The van der Waals surface area contributed by atoms with Crippen LogP contribution in [0.4, 0.5) is 15.4 Å². The van der Waals surface area contributed by atoms with Crippen molar-refractivity contribution in [2.75, 3.05) is 5.32 Å². The second-order valence-corrected chi connectivity index (χ2v) is 11.8. The maximum Gasteiger partial charge on any atom is 0.427 e. The Labute approximate surface area is 248 Å². The van der Waals surface area contributed by atoms with E-state index >= 15 is 0 Å². The van der Waals surface area contributed by atoms with Gasteiger partial charge in [-0.2, -0.15) is 5.10 Å². The van der Waals surface area contributed by atoms with Crippen molar-refractivity contribution in [2.24, 2.45) is 10.7 Å². The molecule has 0 bridgehead atoms. The lowest BCUT2D eigenvalue weighted by atomic mass is 10.2. The van der Waals surface area contributed by atoms with Gasteiger partial charge in [0.1, 0.15) is 22.7 Å². The van der Waals surface area contributed by atoms with Crippen molar-refractivity contribution in [3.63, 3.8) is 0 Å². The van der Waals surface area contributed by atoms with E-state index in [9.17, 15) is 9.59 Å². The van der Waals surface area contributed by atoms with E-state index in [-0.39, 0.29) is 0 Å². The minimum Gasteiger partial charge on any atom is -0.443 e. The Hall–Kier alpha value is -4.09. The first-order chi connectivity index (χ1) is 18.9. The third-order valence-electron chi connectivity index (χ3n) is 4.93. The number of carbonyl (C=O) groups is 2. The van der Waals surface area contributed by atoms with Crippen molar-refractivity contribution in [3.05, 3.63) is 70.8 Å². The summed E-state index contributed by atoms with van der Waals surface area (Å²) in [5.41, 5.74) is 6.20. The first-order valence-corrected chi connectivity index (χ1v) is 13.2. The number of carbonyl (C=O) groups excluding carboxylic acids is 2. The van der Waals surface area contributed by atoms with Gasteiger partial charge in [-0.25, -0.2) is 24.2 Å². The average Bonchev–Trinajstić information content (AvgIpc) is 3.21. The molecule has 0 atom stereocenters. The zero-order valence-corrected chi connectivity index (χ0v) is 25.5. The lowest BCUT2D eigenvalue weighted by Gasteiger charge is -2.27. The second kappa shape index (κ2) is 12.2.